The first-order valence-electron chi connectivity index (χ1n) is 5.33. The van der Waals surface area contributed by atoms with E-state index < -0.39 is 0 Å². The highest BCUT2D eigenvalue weighted by Crippen LogP contribution is 2.28. The van der Waals surface area contributed by atoms with Crippen LogP contribution in [0.15, 0.2) is 43.0 Å². The molecule has 2 atom stereocenters. The summed E-state index contributed by atoms with van der Waals surface area (Å²) < 4.78 is 0. The van der Waals surface area contributed by atoms with Crippen molar-refractivity contribution in [3.8, 4) is 0 Å². The Labute approximate surface area is 98.2 Å². The fraction of sp³-hybridized carbons (Fsp3) is 0.357. The van der Waals surface area contributed by atoms with Gasteiger partial charge in [0.25, 0.3) is 0 Å². The van der Waals surface area contributed by atoms with Gasteiger partial charge in [0.15, 0.2) is 0 Å². The van der Waals surface area contributed by atoms with Crippen molar-refractivity contribution in [3.63, 3.8) is 0 Å². The molecule has 0 radical (unpaired) electrons. The Kier molecular flexibility index (Phi) is 6.35. The van der Waals surface area contributed by atoms with E-state index in [0.29, 0.717) is 5.92 Å². The van der Waals surface area contributed by atoms with Crippen LogP contribution < -0.4 is 5.73 Å². The number of hydrogen-bond donors (Lipinski definition) is 1. The molecule has 0 heterocycles. The van der Waals surface area contributed by atoms with Crippen molar-refractivity contribution in [1.29, 1.82) is 0 Å². The Balaban J connectivity index is 0.00000106. The number of hydrogen-bond acceptors (Lipinski definition) is 2. The number of rotatable bonds is 4. The second-order valence-corrected chi connectivity index (χ2v) is 4.07. The molecule has 0 aliphatic rings. The fourth-order valence-electron chi connectivity index (χ4n) is 1.58. The quantitative estimate of drug-likeness (QED) is 0.791. The SMILES string of the molecule is C=CCC(C)C(C)(N)c1ccccc1.C=O. The maximum Gasteiger partial charge on any atom is 0.106 e. The highest BCUT2D eigenvalue weighted by Gasteiger charge is 2.26. The van der Waals surface area contributed by atoms with Crippen LogP contribution in [0.25, 0.3) is 0 Å². The maximum absolute atomic E-state index is 8.00. The number of benzene rings is 1. The van der Waals surface area contributed by atoms with Crippen LogP contribution in [0, 0.1) is 5.92 Å². The number of nitrogens with two attached hydrogens (primary N) is 1. The Bertz CT molecular complexity index is 306. The smallest absolute Gasteiger partial charge is 0.106 e. The second-order valence-electron chi connectivity index (χ2n) is 4.07. The van der Waals surface area contributed by atoms with Crippen molar-refractivity contribution in [2.24, 2.45) is 11.7 Å². The van der Waals surface area contributed by atoms with Crippen molar-refractivity contribution in [2.75, 3.05) is 0 Å². The van der Waals surface area contributed by atoms with E-state index in [9.17, 15) is 0 Å². The summed E-state index contributed by atoms with van der Waals surface area (Å²) in [5.41, 5.74) is 7.24. The van der Waals surface area contributed by atoms with Gasteiger partial charge in [-0.1, -0.05) is 43.3 Å². The van der Waals surface area contributed by atoms with Gasteiger partial charge in [-0.05, 0) is 24.8 Å². The van der Waals surface area contributed by atoms with Gasteiger partial charge in [-0.2, -0.15) is 0 Å². The molecule has 2 N–H and O–H groups in total. The topological polar surface area (TPSA) is 43.1 Å². The van der Waals surface area contributed by atoms with Crippen LogP contribution in [0.2, 0.25) is 0 Å². The molecular weight excluding hydrogens is 198 g/mol. The highest BCUT2D eigenvalue weighted by molar-refractivity contribution is 5.23. The van der Waals surface area contributed by atoms with Crippen LogP contribution in [-0.4, -0.2) is 6.79 Å². The zero-order chi connectivity index (χ0) is 12.6. The molecule has 0 bridgehead atoms. The van der Waals surface area contributed by atoms with Crippen LogP contribution in [-0.2, 0) is 10.3 Å². The molecule has 0 saturated carbocycles. The van der Waals surface area contributed by atoms with Crippen molar-refractivity contribution < 1.29 is 4.79 Å². The lowest BCUT2D eigenvalue weighted by Crippen LogP contribution is -2.39. The van der Waals surface area contributed by atoms with Crippen LogP contribution in [0.5, 0.6) is 0 Å². The average molecular weight is 219 g/mol. The first-order chi connectivity index (χ1) is 7.59. The highest BCUT2D eigenvalue weighted by atomic mass is 16.1. The molecule has 88 valence electrons. The van der Waals surface area contributed by atoms with Crippen molar-refractivity contribution in [1.82, 2.24) is 0 Å². The Morgan fingerprint density at radius 2 is 1.88 bits per heavy atom. The summed E-state index contributed by atoms with van der Waals surface area (Å²) >= 11 is 0. The van der Waals surface area contributed by atoms with E-state index in [1.54, 1.807) is 0 Å². The van der Waals surface area contributed by atoms with E-state index in [0.717, 1.165) is 6.42 Å². The van der Waals surface area contributed by atoms with Crippen LogP contribution in [0.1, 0.15) is 25.8 Å². The van der Waals surface area contributed by atoms with Crippen molar-refractivity contribution in [3.05, 3.63) is 48.6 Å². The summed E-state index contributed by atoms with van der Waals surface area (Å²) in [6.45, 7) is 9.99. The number of allylic oxidation sites excluding steroid dienone is 1. The zero-order valence-electron chi connectivity index (χ0n) is 10.1. The summed E-state index contributed by atoms with van der Waals surface area (Å²) in [6, 6.07) is 10.2. The van der Waals surface area contributed by atoms with Crippen LogP contribution >= 0.6 is 0 Å². The van der Waals surface area contributed by atoms with Gasteiger partial charge in [0.05, 0.1) is 0 Å². The molecule has 0 saturated heterocycles. The van der Waals surface area contributed by atoms with Gasteiger partial charge >= 0.3 is 0 Å². The number of carbonyl (C=O) groups is 1. The minimum Gasteiger partial charge on any atom is -0.321 e. The molecule has 0 aliphatic carbocycles. The Hall–Kier alpha value is -1.41. The number of carbonyl (C=O) groups excluding carboxylic acids is 1. The van der Waals surface area contributed by atoms with Crippen molar-refractivity contribution >= 4 is 6.79 Å². The molecule has 0 aromatic heterocycles. The standard InChI is InChI=1S/C13H19N.CH2O/c1-4-8-11(2)13(3,14)12-9-6-5-7-10-12;1-2/h4-7,9-11H,1,8,14H2,2-3H3;1H2. The van der Waals surface area contributed by atoms with Gasteiger partial charge < -0.3 is 10.5 Å². The predicted molar refractivity (Wildman–Crippen MR) is 69.1 cm³/mol. The molecule has 1 aromatic carbocycles. The van der Waals surface area contributed by atoms with Gasteiger partial charge in [0.1, 0.15) is 6.79 Å². The lowest BCUT2D eigenvalue weighted by molar-refractivity contribution is -0.0979. The molecule has 0 fully saturated rings. The predicted octanol–water partition coefficient (Wildman–Crippen LogP) is 2.89. The minimum atomic E-state index is -0.268. The van der Waals surface area contributed by atoms with Gasteiger partial charge in [-0.3, -0.25) is 0 Å². The molecule has 16 heavy (non-hydrogen) atoms. The summed E-state index contributed by atoms with van der Waals surface area (Å²) in [6.07, 6.45) is 2.88. The molecule has 2 nitrogen and oxygen atoms in total. The molecule has 2 unspecified atom stereocenters. The lowest BCUT2D eigenvalue weighted by Gasteiger charge is -2.31. The van der Waals surface area contributed by atoms with E-state index in [1.807, 2.05) is 31.1 Å². The third-order valence-corrected chi connectivity index (χ3v) is 2.94. The van der Waals surface area contributed by atoms with E-state index in [1.165, 1.54) is 5.56 Å². The molecule has 0 spiro atoms. The Morgan fingerprint density at radius 1 is 1.38 bits per heavy atom. The molecule has 0 aliphatic heterocycles. The van der Waals surface area contributed by atoms with Crippen LogP contribution in [0.4, 0.5) is 0 Å². The summed E-state index contributed by atoms with van der Waals surface area (Å²) in [4.78, 5) is 8.00. The van der Waals surface area contributed by atoms with E-state index in [4.69, 9.17) is 10.5 Å². The normalized spacial score (nSPS) is 15.2. The Morgan fingerprint density at radius 3 is 2.31 bits per heavy atom. The summed E-state index contributed by atoms with van der Waals surface area (Å²) in [5, 5.41) is 0. The first kappa shape index (κ1) is 14.6. The lowest BCUT2D eigenvalue weighted by atomic mass is 9.80. The minimum absolute atomic E-state index is 0.268. The molecule has 2 heteroatoms. The van der Waals surface area contributed by atoms with Gasteiger partial charge in [-0.15, -0.1) is 6.58 Å². The second kappa shape index (κ2) is 6.96. The van der Waals surface area contributed by atoms with Gasteiger partial charge in [0.2, 0.25) is 0 Å². The third kappa shape index (κ3) is 3.63. The van der Waals surface area contributed by atoms with E-state index >= 15 is 0 Å². The summed E-state index contributed by atoms with van der Waals surface area (Å²) in [7, 11) is 0. The van der Waals surface area contributed by atoms with Crippen molar-refractivity contribution in [2.45, 2.75) is 25.8 Å². The average Bonchev–Trinajstić information content (AvgIpc) is 2.33. The molecule has 0 amide bonds. The summed E-state index contributed by atoms with van der Waals surface area (Å²) in [5.74, 6) is 0.405. The first-order valence-corrected chi connectivity index (χ1v) is 5.33. The van der Waals surface area contributed by atoms with Gasteiger partial charge in [-0.25, -0.2) is 0 Å². The van der Waals surface area contributed by atoms with E-state index in [2.05, 4.69) is 32.6 Å². The third-order valence-electron chi connectivity index (χ3n) is 2.94. The maximum atomic E-state index is 8.00. The monoisotopic (exact) mass is 219 g/mol. The molecule has 1 aromatic rings. The van der Waals surface area contributed by atoms with Crippen LogP contribution in [0.3, 0.4) is 0 Å². The largest absolute Gasteiger partial charge is 0.321 e. The molecule has 1 rings (SSSR count). The van der Waals surface area contributed by atoms with E-state index in [-0.39, 0.29) is 5.54 Å². The molecular formula is C14H21NO. The zero-order valence-corrected chi connectivity index (χ0v) is 10.1. The fourth-order valence-corrected chi connectivity index (χ4v) is 1.58. The van der Waals surface area contributed by atoms with Gasteiger partial charge in [0, 0.05) is 5.54 Å².